The van der Waals surface area contributed by atoms with Crippen molar-refractivity contribution in [1.82, 2.24) is 0 Å². The van der Waals surface area contributed by atoms with Gasteiger partial charge in [0.15, 0.2) is 0 Å². The van der Waals surface area contributed by atoms with Crippen molar-refractivity contribution in [3.63, 3.8) is 0 Å². The van der Waals surface area contributed by atoms with E-state index in [1.54, 1.807) is 0 Å². The molecule has 0 aromatic heterocycles. The van der Waals surface area contributed by atoms with Crippen LogP contribution < -0.4 is 34.0 Å². The fourth-order valence-corrected chi connectivity index (χ4v) is 1.14. The van der Waals surface area contributed by atoms with E-state index in [0.29, 0.717) is 0 Å². The fourth-order valence-electron chi connectivity index (χ4n) is 1.14. The molecular formula is C9H10Br2Mg. The van der Waals surface area contributed by atoms with Gasteiger partial charge >= 0.3 is 23.1 Å². The summed E-state index contributed by atoms with van der Waals surface area (Å²) in [6.45, 7) is 0. The van der Waals surface area contributed by atoms with Gasteiger partial charge < -0.3 is 34.0 Å². The largest absolute Gasteiger partial charge is 2.00 e. The van der Waals surface area contributed by atoms with Crippen molar-refractivity contribution in [2.75, 3.05) is 0 Å². The van der Waals surface area contributed by atoms with Crippen molar-refractivity contribution in [2.45, 2.75) is 18.8 Å². The van der Waals surface area contributed by atoms with E-state index in [0.717, 1.165) is 5.92 Å². The first-order chi connectivity index (χ1) is 4.47. The molecule has 0 saturated heterocycles. The van der Waals surface area contributed by atoms with Crippen molar-refractivity contribution in [1.29, 1.82) is 0 Å². The Kier molecular flexibility index (Phi) is 9.46. The van der Waals surface area contributed by atoms with E-state index in [9.17, 15) is 0 Å². The zero-order chi connectivity index (χ0) is 6.10. The van der Waals surface area contributed by atoms with Gasteiger partial charge in [0, 0.05) is 0 Å². The molecule has 0 spiro atoms. The number of benzene rings is 1. The van der Waals surface area contributed by atoms with Crippen LogP contribution in [-0.4, -0.2) is 23.1 Å². The number of hydrogen-bond donors (Lipinski definition) is 0. The van der Waals surface area contributed by atoms with Crippen LogP contribution in [-0.2, 0) is 0 Å². The fraction of sp³-hybridized carbons (Fsp3) is 0.333. The van der Waals surface area contributed by atoms with E-state index >= 15 is 0 Å². The molecule has 1 aliphatic carbocycles. The van der Waals surface area contributed by atoms with Crippen LogP contribution in [0.5, 0.6) is 0 Å². The minimum atomic E-state index is 0. The molecule has 0 heterocycles. The quantitative estimate of drug-likeness (QED) is 0.467. The predicted molar refractivity (Wildman–Crippen MR) is 44.2 cm³/mol. The Morgan fingerprint density at radius 3 is 1.83 bits per heavy atom. The van der Waals surface area contributed by atoms with Gasteiger partial charge in [-0.2, -0.15) is 0 Å². The maximum absolute atomic E-state index is 2.22. The molecule has 0 radical (unpaired) electrons. The summed E-state index contributed by atoms with van der Waals surface area (Å²) in [7, 11) is 0. The molecule has 0 bridgehead atoms. The second-order valence-electron chi connectivity index (χ2n) is 2.68. The first-order valence-electron chi connectivity index (χ1n) is 3.52. The van der Waals surface area contributed by atoms with E-state index < -0.39 is 0 Å². The maximum Gasteiger partial charge on any atom is 2.00 e. The molecule has 3 heteroatoms. The van der Waals surface area contributed by atoms with E-state index in [4.69, 9.17) is 0 Å². The van der Waals surface area contributed by atoms with Crippen LogP contribution in [0.3, 0.4) is 0 Å². The average molecular weight is 302 g/mol. The molecule has 0 nitrogen and oxygen atoms in total. The smallest absolute Gasteiger partial charge is 1.00 e. The Hall–Kier alpha value is 0.946. The normalized spacial score (nSPS) is 13.3. The zero-order valence-electron chi connectivity index (χ0n) is 6.84. The number of halogens is 2. The molecule has 0 aliphatic heterocycles. The molecule has 1 aromatic carbocycles. The first kappa shape index (κ1) is 15.4. The van der Waals surface area contributed by atoms with Crippen molar-refractivity contribution in [3.05, 3.63) is 35.9 Å². The minimum Gasteiger partial charge on any atom is -1.00 e. The van der Waals surface area contributed by atoms with Crippen LogP contribution in [0, 0.1) is 0 Å². The maximum atomic E-state index is 2.22. The summed E-state index contributed by atoms with van der Waals surface area (Å²) >= 11 is 0. The van der Waals surface area contributed by atoms with E-state index in [1.807, 2.05) is 0 Å². The van der Waals surface area contributed by atoms with Gasteiger partial charge in [0.25, 0.3) is 0 Å². The molecule has 0 amide bonds. The molecule has 1 aromatic rings. The molecule has 1 aliphatic rings. The van der Waals surface area contributed by atoms with Gasteiger partial charge in [0.1, 0.15) is 0 Å². The standard InChI is InChI=1S/C9H10.2BrH.Mg/c1-2-4-8(5-3-1)9-6-7-9;;;/h1-5,9H,6-7H2;2*1H;/q;;;+2/p-2. The molecular weight excluding hydrogens is 292 g/mol. The third-order valence-corrected chi connectivity index (χ3v) is 1.85. The second-order valence-corrected chi connectivity index (χ2v) is 2.68. The Labute approximate surface area is 111 Å². The first-order valence-corrected chi connectivity index (χ1v) is 3.52. The summed E-state index contributed by atoms with van der Waals surface area (Å²) in [6.07, 6.45) is 2.81. The SMILES string of the molecule is [Br-].[Br-].[Mg+2].c1ccc(C2CC2)cc1. The number of hydrogen-bond acceptors (Lipinski definition) is 0. The van der Waals surface area contributed by atoms with Crippen molar-refractivity contribution in [3.8, 4) is 0 Å². The molecule has 2 rings (SSSR count). The Balaban J connectivity index is 0. The van der Waals surface area contributed by atoms with Crippen molar-refractivity contribution >= 4 is 23.1 Å². The van der Waals surface area contributed by atoms with Gasteiger partial charge in [0.2, 0.25) is 0 Å². The Morgan fingerprint density at radius 2 is 1.42 bits per heavy atom. The summed E-state index contributed by atoms with van der Waals surface area (Å²) in [5, 5.41) is 0. The molecule has 0 N–H and O–H groups in total. The van der Waals surface area contributed by atoms with E-state index in [2.05, 4.69) is 30.3 Å². The molecule has 62 valence electrons. The summed E-state index contributed by atoms with van der Waals surface area (Å²) in [4.78, 5) is 0. The third kappa shape index (κ3) is 4.26. The van der Waals surface area contributed by atoms with E-state index in [1.165, 1.54) is 18.4 Å². The summed E-state index contributed by atoms with van der Waals surface area (Å²) in [5.74, 6) is 0.909. The second kappa shape index (κ2) is 7.36. The molecule has 1 saturated carbocycles. The van der Waals surface area contributed by atoms with Crippen LogP contribution in [0.2, 0.25) is 0 Å². The Bertz CT molecular complexity index is 197. The van der Waals surface area contributed by atoms with Gasteiger partial charge in [-0.25, -0.2) is 0 Å². The van der Waals surface area contributed by atoms with Gasteiger partial charge in [0.05, 0.1) is 0 Å². The van der Waals surface area contributed by atoms with Crippen LogP contribution >= 0.6 is 0 Å². The van der Waals surface area contributed by atoms with Crippen LogP contribution in [0.4, 0.5) is 0 Å². The molecule has 0 atom stereocenters. The monoisotopic (exact) mass is 300 g/mol. The van der Waals surface area contributed by atoms with E-state index in [-0.39, 0.29) is 57.0 Å². The van der Waals surface area contributed by atoms with Gasteiger partial charge in [-0.3, -0.25) is 0 Å². The summed E-state index contributed by atoms with van der Waals surface area (Å²) < 4.78 is 0. The van der Waals surface area contributed by atoms with Crippen LogP contribution in [0.1, 0.15) is 24.3 Å². The van der Waals surface area contributed by atoms with Crippen molar-refractivity contribution < 1.29 is 34.0 Å². The molecule has 0 unspecified atom stereocenters. The minimum absolute atomic E-state index is 0. The van der Waals surface area contributed by atoms with Crippen molar-refractivity contribution in [2.24, 2.45) is 0 Å². The van der Waals surface area contributed by atoms with Gasteiger partial charge in [-0.1, -0.05) is 30.3 Å². The third-order valence-electron chi connectivity index (χ3n) is 1.85. The summed E-state index contributed by atoms with van der Waals surface area (Å²) in [5.41, 5.74) is 1.53. The number of rotatable bonds is 1. The van der Waals surface area contributed by atoms with Gasteiger partial charge in [-0.05, 0) is 24.3 Å². The van der Waals surface area contributed by atoms with Gasteiger partial charge in [-0.15, -0.1) is 0 Å². The average Bonchev–Trinajstić information content (AvgIpc) is 2.71. The molecule has 12 heavy (non-hydrogen) atoms. The predicted octanol–water partition coefficient (Wildman–Crippen LogP) is -3.81. The van der Waals surface area contributed by atoms with Crippen LogP contribution in [0.15, 0.2) is 30.3 Å². The molecule has 1 fully saturated rings. The van der Waals surface area contributed by atoms with Crippen LogP contribution in [0.25, 0.3) is 0 Å². The zero-order valence-corrected chi connectivity index (χ0v) is 11.4. The Morgan fingerprint density at radius 1 is 0.917 bits per heavy atom. The summed E-state index contributed by atoms with van der Waals surface area (Å²) in [6, 6.07) is 10.8. The topological polar surface area (TPSA) is 0 Å².